The Labute approximate surface area is 121 Å². The van der Waals surface area contributed by atoms with Crippen LogP contribution in [0.5, 0.6) is 5.75 Å². The maximum absolute atomic E-state index is 6.05. The van der Waals surface area contributed by atoms with Crippen LogP contribution in [-0.4, -0.2) is 43.3 Å². The predicted molar refractivity (Wildman–Crippen MR) is 81.0 cm³/mol. The monoisotopic (exact) mass is 278 g/mol. The van der Waals surface area contributed by atoms with E-state index < -0.39 is 0 Å². The minimum Gasteiger partial charge on any atom is -0.494 e. The van der Waals surface area contributed by atoms with Crippen LogP contribution < -0.4 is 10.5 Å². The third-order valence-electron chi connectivity index (χ3n) is 3.69. The standard InChI is InChI=1S/C16H26N2O2/c1-4-19-16-8-6-5-7-14(16)15(9-17)18-10-12(2)20-13(3)11-18/h5-8,12-13,15H,4,9-11,17H2,1-3H3. The molecule has 0 radical (unpaired) electrons. The highest BCUT2D eigenvalue weighted by atomic mass is 16.5. The Hall–Kier alpha value is -1.10. The zero-order valence-corrected chi connectivity index (χ0v) is 12.7. The maximum Gasteiger partial charge on any atom is 0.124 e. The topological polar surface area (TPSA) is 47.7 Å². The Morgan fingerprint density at radius 2 is 1.95 bits per heavy atom. The number of rotatable bonds is 5. The molecule has 2 rings (SSSR count). The zero-order chi connectivity index (χ0) is 14.5. The van der Waals surface area contributed by atoms with Gasteiger partial charge < -0.3 is 15.2 Å². The normalized spacial score (nSPS) is 25.4. The van der Waals surface area contributed by atoms with Crippen molar-refractivity contribution in [2.24, 2.45) is 5.73 Å². The van der Waals surface area contributed by atoms with Gasteiger partial charge in [-0.3, -0.25) is 4.90 Å². The van der Waals surface area contributed by atoms with E-state index in [1.165, 1.54) is 5.56 Å². The summed E-state index contributed by atoms with van der Waals surface area (Å²) in [5.74, 6) is 0.942. The van der Waals surface area contributed by atoms with Gasteiger partial charge in [0.25, 0.3) is 0 Å². The molecule has 20 heavy (non-hydrogen) atoms. The summed E-state index contributed by atoms with van der Waals surface area (Å²) in [6.07, 6.45) is 0.485. The van der Waals surface area contributed by atoms with Gasteiger partial charge in [0.15, 0.2) is 0 Å². The van der Waals surface area contributed by atoms with Gasteiger partial charge in [-0.1, -0.05) is 18.2 Å². The lowest BCUT2D eigenvalue weighted by Gasteiger charge is -2.40. The lowest BCUT2D eigenvalue weighted by molar-refractivity contribution is -0.0801. The molecule has 4 heteroatoms. The average Bonchev–Trinajstić information content (AvgIpc) is 2.41. The second-order valence-corrected chi connectivity index (χ2v) is 5.43. The minimum absolute atomic E-state index is 0.187. The van der Waals surface area contributed by atoms with Crippen LogP contribution in [0.2, 0.25) is 0 Å². The molecule has 0 aliphatic carbocycles. The third-order valence-corrected chi connectivity index (χ3v) is 3.69. The molecule has 4 nitrogen and oxygen atoms in total. The summed E-state index contributed by atoms with van der Waals surface area (Å²) >= 11 is 0. The molecule has 112 valence electrons. The number of morpholine rings is 1. The van der Waals surface area contributed by atoms with Crippen LogP contribution in [0, 0.1) is 0 Å². The Morgan fingerprint density at radius 1 is 1.30 bits per heavy atom. The Bertz CT molecular complexity index is 415. The number of hydrogen-bond donors (Lipinski definition) is 1. The molecule has 0 aromatic heterocycles. The Morgan fingerprint density at radius 3 is 2.55 bits per heavy atom. The molecular weight excluding hydrogens is 252 g/mol. The molecular formula is C16H26N2O2. The van der Waals surface area contributed by atoms with Crippen molar-refractivity contribution in [3.63, 3.8) is 0 Å². The molecule has 0 bridgehead atoms. The van der Waals surface area contributed by atoms with Gasteiger partial charge >= 0.3 is 0 Å². The van der Waals surface area contributed by atoms with E-state index in [2.05, 4.69) is 24.8 Å². The summed E-state index contributed by atoms with van der Waals surface area (Å²) in [7, 11) is 0. The van der Waals surface area contributed by atoms with Gasteiger partial charge in [-0.2, -0.15) is 0 Å². The second-order valence-electron chi connectivity index (χ2n) is 5.43. The van der Waals surface area contributed by atoms with Crippen molar-refractivity contribution in [1.82, 2.24) is 4.90 Å². The fourth-order valence-corrected chi connectivity index (χ4v) is 2.99. The highest BCUT2D eigenvalue weighted by molar-refractivity contribution is 5.36. The van der Waals surface area contributed by atoms with Crippen LogP contribution in [0.3, 0.4) is 0 Å². The van der Waals surface area contributed by atoms with E-state index >= 15 is 0 Å². The van der Waals surface area contributed by atoms with Crippen LogP contribution in [0.1, 0.15) is 32.4 Å². The van der Waals surface area contributed by atoms with Gasteiger partial charge in [0, 0.05) is 25.2 Å². The number of ether oxygens (including phenoxy) is 2. The minimum atomic E-state index is 0.187. The first-order valence-corrected chi connectivity index (χ1v) is 7.47. The van der Waals surface area contributed by atoms with Crippen molar-refractivity contribution in [1.29, 1.82) is 0 Å². The molecule has 3 unspecified atom stereocenters. The number of nitrogens with zero attached hydrogens (tertiary/aromatic N) is 1. The molecule has 1 heterocycles. The summed E-state index contributed by atoms with van der Waals surface area (Å²) in [5.41, 5.74) is 7.23. The third kappa shape index (κ3) is 3.51. The number of para-hydroxylation sites is 1. The van der Waals surface area contributed by atoms with Crippen molar-refractivity contribution in [2.75, 3.05) is 26.2 Å². The van der Waals surface area contributed by atoms with Crippen LogP contribution in [0.15, 0.2) is 24.3 Å². The second kappa shape index (κ2) is 7.07. The van der Waals surface area contributed by atoms with Crippen LogP contribution in [0.4, 0.5) is 0 Å². The van der Waals surface area contributed by atoms with Crippen LogP contribution >= 0.6 is 0 Å². The summed E-state index contributed by atoms with van der Waals surface area (Å²) in [5, 5.41) is 0. The van der Waals surface area contributed by atoms with Crippen molar-refractivity contribution >= 4 is 0 Å². The number of hydrogen-bond acceptors (Lipinski definition) is 4. The summed E-state index contributed by atoms with van der Waals surface area (Å²) in [4.78, 5) is 2.41. The lowest BCUT2D eigenvalue weighted by atomic mass is 10.0. The molecule has 1 saturated heterocycles. The van der Waals surface area contributed by atoms with E-state index in [-0.39, 0.29) is 18.2 Å². The summed E-state index contributed by atoms with van der Waals surface area (Å²) in [6.45, 7) is 9.32. The zero-order valence-electron chi connectivity index (χ0n) is 12.7. The molecule has 1 aromatic rings. The first-order valence-electron chi connectivity index (χ1n) is 7.47. The molecule has 1 aromatic carbocycles. The molecule has 1 aliphatic heterocycles. The van der Waals surface area contributed by atoms with Crippen molar-refractivity contribution in [3.8, 4) is 5.75 Å². The Kier molecular flexibility index (Phi) is 5.40. The SMILES string of the molecule is CCOc1ccccc1C(CN)N1CC(C)OC(C)C1. The smallest absolute Gasteiger partial charge is 0.124 e. The molecule has 0 saturated carbocycles. The molecule has 0 amide bonds. The highest BCUT2D eigenvalue weighted by Crippen LogP contribution is 2.30. The van der Waals surface area contributed by atoms with Crippen LogP contribution in [-0.2, 0) is 4.74 Å². The van der Waals surface area contributed by atoms with E-state index in [9.17, 15) is 0 Å². The van der Waals surface area contributed by atoms with Gasteiger partial charge in [0.05, 0.1) is 24.9 Å². The maximum atomic E-state index is 6.05. The lowest BCUT2D eigenvalue weighted by Crippen LogP contribution is -2.48. The van der Waals surface area contributed by atoms with Gasteiger partial charge in [-0.05, 0) is 26.8 Å². The summed E-state index contributed by atoms with van der Waals surface area (Å²) < 4.78 is 11.6. The fourth-order valence-electron chi connectivity index (χ4n) is 2.99. The quantitative estimate of drug-likeness (QED) is 0.897. The predicted octanol–water partition coefficient (Wildman–Crippen LogP) is 2.19. The van der Waals surface area contributed by atoms with E-state index in [0.29, 0.717) is 13.2 Å². The molecule has 0 spiro atoms. The fraction of sp³-hybridized carbons (Fsp3) is 0.625. The largest absolute Gasteiger partial charge is 0.494 e. The van der Waals surface area contributed by atoms with E-state index in [0.717, 1.165) is 18.8 Å². The van der Waals surface area contributed by atoms with E-state index in [1.54, 1.807) is 0 Å². The van der Waals surface area contributed by atoms with Crippen molar-refractivity contribution in [2.45, 2.75) is 39.0 Å². The van der Waals surface area contributed by atoms with Gasteiger partial charge in [-0.25, -0.2) is 0 Å². The highest BCUT2D eigenvalue weighted by Gasteiger charge is 2.29. The van der Waals surface area contributed by atoms with Gasteiger partial charge in [0.1, 0.15) is 5.75 Å². The first-order chi connectivity index (χ1) is 9.65. The molecule has 3 atom stereocenters. The van der Waals surface area contributed by atoms with Crippen molar-refractivity contribution in [3.05, 3.63) is 29.8 Å². The van der Waals surface area contributed by atoms with Gasteiger partial charge in [0.2, 0.25) is 0 Å². The molecule has 2 N–H and O–H groups in total. The van der Waals surface area contributed by atoms with E-state index in [4.69, 9.17) is 15.2 Å². The van der Waals surface area contributed by atoms with E-state index in [1.807, 2.05) is 25.1 Å². The number of benzene rings is 1. The summed E-state index contributed by atoms with van der Waals surface area (Å²) in [6, 6.07) is 8.38. The number of nitrogens with two attached hydrogens (primary N) is 1. The first kappa shape index (κ1) is 15.3. The Balaban J connectivity index is 2.23. The van der Waals surface area contributed by atoms with Crippen molar-refractivity contribution < 1.29 is 9.47 Å². The molecule has 1 aliphatic rings. The van der Waals surface area contributed by atoms with Gasteiger partial charge in [-0.15, -0.1) is 0 Å². The average molecular weight is 278 g/mol. The molecule has 1 fully saturated rings. The van der Waals surface area contributed by atoms with Crippen LogP contribution in [0.25, 0.3) is 0 Å².